The van der Waals surface area contributed by atoms with E-state index in [0.717, 1.165) is 32.1 Å². The highest BCUT2D eigenvalue weighted by molar-refractivity contribution is 7.88. The minimum absolute atomic E-state index is 0.0460. The van der Waals surface area contributed by atoms with E-state index >= 15 is 0 Å². The molecule has 5 nitrogen and oxygen atoms in total. The van der Waals surface area contributed by atoms with E-state index in [1.165, 1.54) is 10.6 Å². The first-order valence-corrected chi connectivity index (χ1v) is 9.13. The van der Waals surface area contributed by atoms with Crippen LogP contribution in [0.1, 0.15) is 32.1 Å². The Kier molecular flexibility index (Phi) is 5.36. The summed E-state index contributed by atoms with van der Waals surface area (Å²) >= 11 is 0. The van der Waals surface area contributed by atoms with Gasteiger partial charge in [0.15, 0.2) is 0 Å². The van der Waals surface area contributed by atoms with Crippen LogP contribution in [0.15, 0.2) is 30.3 Å². The number of benzene rings is 1. The smallest absolute Gasteiger partial charge is 0.239 e. The highest BCUT2D eigenvalue weighted by Crippen LogP contribution is 2.24. The summed E-state index contributed by atoms with van der Waals surface area (Å²) in [7, 11) is -3.38. The first-order valence-electron chi connectivity index (χ1n) is 7.28. The Balaban J connectivity index is 2.03. The average molecular weight is 310 g/mol. The van der Waals surface area contributed by atoms with Gasteiger partial charge in [-0.05, 0) is 25.0 Å². The minimum Gasteiger partial charge on any atom is -0.325 e. The number of sulfonamides is 1. The average Bonchev–Trinajstić information content (AvgIpc) is 2.45. The van der Waals surface area contributed by atoms with E-state index in [1.54, 1.807) is 12.1 Å². The Morgan fingerprint density at radius 3 is 2.38 bits per heavy atom. The number of anilines is 1. The molecule has 21 heavy (non-hydrogen) atoms. The third-order valence-corrected chi connectivity index (χ3v) is 5.04. The van der Waals surface area contributed by atoms with Gasteiger partial charge in [0.25, 0.3) is 0 Å². The molecule has 1 amide bonds. The summed E-state index contributed by atoms with van der Waals surface area (Å²) in [6.45, 7) is -0.113. The second-order valence-electron chi connectivity index (χ2n) is 5.51. The number of nitrogens with one attached hydrogen (secondary N) is 1. The van der Waals surface area contributed by atoms with E-state index in [0.29, 0.717) is 5.69 Å². The van der Waals surface area contributed by atoms with Crippen LogP contribution in [-0.4, -0.2) is 37.5 Å². The van der Waals surface area contributed by atoms with Crippen molar-refractivity contribution in [1.82, 2.24) is 4.31 Å². The number of para-hydroxylation sites is 1. The molecule has 6 heteroatoms. The molecule has 0 saturated heterocycles. The molecular formula is C15H22N2O3S. The Labute approximate surface area is 126 Å². The summed E-state index contributed by atoms with van der Waals surface area (Å²) in [6, 6.07) is 9.03. The zero-order chi connectivity index (χ0) is 15.3. The van der Waals surface area contributed by atoms with Gasteiger partial charge < -0.3 is 5.32 Å². The molecule has 1 aliphatic rings. The Morgan fingerprint density at radius 2 is 1.81 bits per heavy atom. The van der Waals surface area contributed by atoms with Gasteiger partial charge in [0.05, 0.1) is 12.8 Å². The third kappa shape index (κ3) is 4.82. The Hall–Kier alpha value is -1.40. The monoisotopic (exact) mass is 310 g/mol. The van der Waals surface area contributed by atoms with Gasteiger partial charge >= 0.3 is 0 Å². The van der Waals surface area contributed by atoms with Crippen molar-refractivity contribution in [2.75, 3.05) is 18.1 Å². The maximum absolute atomic E-state index is 12.1. The van der Waals surface area contributed by atoms with Crippen LogP contribution in [0, 0.1) is 0 Å². The first-order chi connectivity index (χ1) is 9.97. The van der Waals surface area contributed by atoms with E-state index < -0.39 is 10.0 Å². The van der Waals surface area contributed by atoms with E-state index in [4.69, 9.17) is 0 Å². The summed E-state index contributed by atoms with van der Waals surface area (Å²) in [4.78, 5) is 12.1. The fourth-order valence-corrected chi connectivity index (χ4v) is 3.85. The zero-order valence-electron chi connectivity index (χ0n) is 12.3. The molecule has 0 atom stereocenters. The predicted octanol–water partition coefficient (Wildman–Crippen LogP) is 2.22. The first kappa shape index (κ1) is 16.0. The molecule has 1 saturated carbocycles. The summed E-state index contributed by atoms with van der Waals surface area (Å²) in [5, 5.41) is 2.74. The lowest BCUT2D eigenvalue weighted by Gasteiger charge is -2.31. The molecule has 1 aromatic carbocycles. The molecule has 0 heterocycles. The normalized spacial score (nSPS) is 16.9. The summed E-state index contributed by atoms with van der Waals surface area (Å²) < 4.78 is 25.3. The van der Waals surface area contributed by atoms with E-state index in [9.17, 15) is 13.2 Å². The largest absolute Gasteiger partial charge is 0.325 e. The number of carbonyl (C=O) groups excluding carboxylic acids is 1. The molecular weight excluding hydrogens is 288 g/mol. The maximum Gasteiger partial charge on any atom is 0.239 e. The van der Waals surface area contributed by atoms with Crippen molar-refractivity contribution in [3.8, 4) is 0 Å². The highest BCUT2D eigenvalue weighted by atomic mass is 32.2. The number of rotatable bonds is 5. The Bertz CT molecular complexity index is 566. The molecule has 0 radical (unpaired) electrons. The van der Waals surface area contributed by atoms with Crippen molar-refractivity contribution >= 4 is 21.6 Å². The molecule has 1 fully saturated rings. The lowest BCUT2D eigenvalue weighted by Crippen LogP contribution is -2.45. The SMILES string of the molecule is CS(=O)(=O)N(CC(=O)Nc1ccccc1)C1CCCCC1. The van der Waals surface area contributed by atoms with Gasteiger partial charge in [-0.3, -0.25) is 4.79 Å². The minimum atomic E-state index is -3.38. The molecule has 1 N–H and O–H groups in total. The van der Waals surface area contributed by atoms with Gasteiger partial charge in [-0.15, -0.1) is 0 Å². The van der Waals surface area contributed by atoms with Crippen LogP contribution < -0.4 is 5.32 Å². The van der Waals surface area contributed by atoms with Gasteiger partial charge in [-0.25, -0.2) is 8.42 Å². The van der Waals surface area contributed by atoms with E-state index in [1.807, 2.05) is 18.2 Å². The van der Waals surface area contributed by atoms with Gasteiger partial charge in [-0.2, -0.15) is 4.31 Å². The van der Waals surface area contributed by atoms with Crippen molar-refractivity contribution in [3.05, 3.63) is 30.3 Å². The van der Waals surface area contributed by atoms with Crippen molar-refractivity contribution in [2.45, 2.75) is 38.1 Å². The standard InChI is InChI=1S/C15H22N2O3S/c1-21(19,20)17(14-10-6-3-7-11-14)12-15(18)16-13-8-4-2-5-9-13/h2,4-5,8-9,14H,3,6-7,10-12H2,1H3,(H,16,18). The fraction of sp³-hybridized carbons (Fsp3) is 0.533. The van der Waals surface area contributed by atoms with Crippen LogP contribution >= 0.6 is 0 Å². The summed E-state index contributed by atoms with van der Waals surface area (Å²) in [6.07, 6.45) is 6.05. The molecule has 0 unspecified atom stereocenters. The second-order valence-corrected chi connectivity index (χ2v) is 7.45. The Morgan fingerprint density at radius 1 is 1.19 bits per heavy atom. The lowest BCUT2D eigenvalue weighted by atomic mass is 9.95. The van der Waals surface area contributed by atoms with Crippen LogP contribution in [0.5, 0.6) is 0 Å². The van der Waals surface area contributed by atoms with Crippen molar-refractivity contribution in [2.24, 2.45) is 0 Å². The number of nitrogens with zero attached hydrogens (tertiary/aromatic N) is 1. The predicted molar refractivity (Wildman–Crippen MR) is 83.5 cm³/mol. The van der Waals surface area contributed by atoms with Crippen LogP contribution in [0.2, 0.25) is 0 Å². The van der Waals surface area contributed by atoms with Crippen LogP contribution in [0.25, 0.3) is 0 Å². The highest BCUT2D eigenvalue weighted by Gasteiger charge is 2.29. The molecule has 0 bridgehead atoms. The number of hydrogen-bond acceptors (Lipinski definition) is 3. The van der Waals surface area contributed by atoms with Gasteiger partial charge in [0, 0.05) is 11.7 Å². The lowest BCUT2D eigenvalue weighted by molar-refractivity contribution is -0.116. The summed E-state index contributed by atoms with van der Waals surface area (Å²) in [5.41, 5.74) is 0.680. The number of hydrogen-bond donors (Lipinski definition) is 1. The topological polar surface area (TPSA) is 66.5 Å². The molecule has 1 aromatic rings. The van der Waals surface area contributed by atoms with Crippen LogP contribution in [0.3, 0.4) is 0 Å². The van der Waals surface area contributed by atoms with Gasteiger partial charge in [0.2, 0.25) is 15.9 Å². The van der Waals surface area contributed by atoms with Crippen molar-refractivity contribution in [1.29, 1.82) is 0 Å². The van der Waals surface area contributed by atoms with Crippen molar-refractivity contribution in [3.63, 3.8) is 0 Å². The van der Waals surface area contributed by atoms with Gasteiger partial charge in [-0.1, -0.05) is 37.5 Å². The molecule has 1 aliphatic carbocycles. The molecule has 2 rings (SSSR count). The number of carbonyl (C=O) groups is 1. The number of amides is 1. The quantitative estimate of drug-likeness (QED) is 0.907. The van der Waals surface area contributed by atoms with E-state index in [-0.39, 0.29) is 18.5 Å². The van der Waals surface area contributed by atoms with Crippen molar-refractivity contribution < 1.29 is 13.2 Å². The summed E-state index contributed by atoms with van der Waals surface area (Å²) in [5.74, 6) is -0.294. The fourth-order valence-electron chi connectivity index (χ4n) is 2.75. The molecule has 0 spiro atoms. The molecule has 0 aliphatic heterocycles. The van der Waals surface area contributed by atoms with Crippen LogP contribution in [-0.2, 0) is 14.8 Å². The molecule has 0 aromatic heterocycles. The van der Waals surface area contributed by atoms with Crippen LogP contribution in [0.4, 0.5) is 5.69 Å². The van der Waals surface area contributed by atoms with E-state index in [2.05, 4.69) is 5.32 Å². The zero-order valence-corrected chi connectivity index (χ0v) is 13.1. The molecule has 116 valence electrons. The third-order valence-electron chi connectivity index (χ3n) is 3.76. The second kappa shape index (κ2) is 7.04. The van der Waals surface area contributed by atoms with Gasteiger partial charge in [0.1, 0.15) is 0 Å². The maximum atomic E-state index is 12.1.